The van der Waals surface area contributed by atoms with Crippen molar-refractivity contribution < 1.29 is 33.6 Å². The molecule has 0 aromatic carbocycles. The Balaban J connectivity index is 3.20. The van der Waals surface area contributed by atoms with Crippen molar-refractivity contribution in [1.82, 2.24) is 4.98 Å². The van der Waals surface area contributed by atoms with Gasteiger partial charge in [-0.05, 0) is 48.5 Å². The molecule has 0 aliphatic carbocycles. The lowest BCUT2D eigenvalue weighted by Gasteiger charge is -2.37. The van der Waals surface area contributed by atoms with Crippen LogP contribution in [0.1, 0.15) is 58.4 Å². The van der Waals surface area contributed by atoms with Crippen LogP contribution >= 0.6 is 0 Å². The predicted molar refractivity (Wildman–Crippen MR) is 126 cm³/mol. The van der Waals surface area contributed by atoms with E-state index < -0.39 is 34.0 Å². The van der Waals surface area contributed by atoms with E-state index in [1.54, 1.807) is 41.5 Å². The Morgan fingerprint density at radius 3 is 1.71 bits per heavy atom. The van der Waals surface area contributed by atoms with Crippen LogP contribution in [0.3, 0.4) is 0 Å². The minimum absolute atomic E-state index is 0.185. The number of terminal acetylenes is 2. The Labute approximate surface area is 202 Å². The van der Waals surface area contributed by atoms with Crippen LogP contribution in [0.4, 0.5) is 0 Å². The molecule has 0 aliphatic rings. The van der Waals surface area contributed by atoms with Gasteiger partial charge in [0.2, 0.25) is 0 Å². The van der Waals surface area contributed by atoms with Gasteiger partial charge in [0.1, 0.15) is 19.0 Å². The van der Waals surface area contributed by atoms with E-state index >= 15 is 0 Å². The van der Waals surface area contributed by atoms with Crippen molar-refractivity contribution in [2.24, 2.45) is 10.8 Å². The molecule has 2 unspecified atom stereocenters. The Hall–Kier alpha value is -3.07. The number of nitrogens with zero attached hydrogens (tertiary/aromatic N) is 1. The van der Waals surface area contributed by atoms with E-state index in [1.165, 1.54) is 27.3 Å². The predicted octanol–water partition coefficient (Wildman–Crippen LogP) is 3.31. The molecule has 34 heavy (non-hydrogen) atoms. The number of hydrogen-bond donors (Lipinski definition) is 1. The molecule has 1 aromatic heterocycles. The SMILES string of the molecule is C#CC(C)(C)C(C)(OC)C(=O)OCc1cnc(C)c(O)c1COC(=O)C(C)(OC)C(C)(C)C#C. The van der Waals surface area contributed by atoms with E-state index in [2.05, 4.69) is 16.8 Å². The fraction of sp³-hybridized carbons (Fsp3) is 0.577. The third-order valence-electron chi connectivity index (χ3n) is 6.84. The standard InChI is InChI=1S/C26H35NO7/c1-12-23(4,5)25(8,31-10)21(29)33-15-18-14-27-17(3)20(28)19(18)16-34-22(30)26(9,32-11)24(6,7)13-2/h1-2,14,28H,15-16H2,3-11H3. The maximum Gasteiger partial charge on any atom is 0.340 e. The summed E-state index contributed by atoms with van der Waals surface area (Å²) in [5, 5.41) is 10.6. The first-order chi connectivity index (χ1) is 15.6. The Bertz CT molecular complexity index is 1020. The summed E-state index contributed by atoms with van der Waals surface area (Å²) in [4.78, 5) is 29.9. The van der Waals surface area contributed by atoms with Gasteiger partial charge in [-0.15, -0.1) is 12.8 Å². The lowest BCUT2D eigenvalue weighted by Crippen LogP contribution is -2.51. The van der Waals surface area contributed by atoms with E-state index in [1.807, 2.05) is 0 Å². The van der Waals surface area contributed by atoms with Gasteiger partial charge in [0.05, 0.1) is 16.5 Å². The van der Waals surface area contributed by atoms with Crippen LogP contribution in [0.2, 0.25) is 0 Å². The van der Waals surface area contributed by atoms with E-state index in [0.29, 0.717) is 11.3 Å². The van der Waals surface area contributed by atoms with Crippen molar-refractivity contribution in [2.45, 2.75) is 72.9 Å². The Kier molecular flexibility index (Phi) is 8.91. The lowest BCUT2D eigenvalue weighted by atomic mass is 9.76. The topological polar surface area (TPSA) is 104 Å². The van der Waals surface area contributed by atoms with E-state index in [-0.39, 0.29) is 24.5 Å². The molecule has 0 amide bonds. The van der Waals surface area contributed by atoms with E-state index in [0.717, 1.165) is 0 Å². The Morgan fingerprint density at radius 2 is 1.32 bits per heavy atom. The number of aromatic nitrogens is 1. The van der Waals surface area contributed by atoms with Gasteiger partial charge in [0.15, 0.2) is 11.2 Å². The van der Waals surface area contributed by atoms with Gasteiger partial charge < -0.3 is 24.1 Å². The average Bonchev–Trinajstić information content (AvgIpc) is 2.81. The van der Waals surface area contributed by atoms with Crippen LogP contribution in [0, 0.1) is 42.4 Å². The van der Waals surface area contributed by atoms with Crippen LogP contribution in [0.15, 0.2) is 6.20 Å². The van der Waals surface area contributed by atoms with E-state index in [9.17, 15) is 14.7 Å². The molecular formula is C26H35NO7. The molecule has 1 aromatic rings. The van der Waals surface area contributed by atoms with Crippen LogP contribution in [0.5, 0.6) is 5.75 Å². The van der Waals surface area contributed by atoms with Gasteiger partial charge in [0.25, 0.3) is 0 Å². The second-order valence-corrected chi connectivity index (χ2v) is 9.36. The molecule has 8 nitrogen and oxygen atoms in total. The molecule has 0 radical (unpaired) electrons. The van der Waals surface area contributed by atoms with Crippen LogP contribution in [-0.4, -0.2) is 47.5 Å². The minimum atomic E-state index is -1.44. The number of aromatic hydroxyl groups is 1. The number of carbonyl (C=O) groups excluding carboxylic acids is 2. The van der Waals surface area contributed by atoms with Gasteiger partial charge in [-0.1, -0.05) is 11.8 Å². The largest absolute Gasteiger partial charge is 0.506 e. The zero-order valence-corrected chi connectivity index (χ0v) is 21.5. The number of rotatable bonds is 10. The van der Waals surface area contributed by atoms with Crippen LogP contribution < -0.4 is 0 Å². The normalized spacial score (nSPS) is 15.3. The number of carbonyl (C=O) groups is 2. The molecule has 186 valence electrons. The van der Waals surface area contributed by atoms with Gasteiger partial charge in [-0.25, -0.2) is 9.59 Å². The van der Waals surface area contributed by atoms with Crippen molar-refractivity contribution in [1.29, 1.82) is 0 Å². The highest BCUT2D eigenvalue weighted by Crippen LogP contribution is 2.36. The Morgan fingerprint density at radius 1 is 0.912 bits per heavy atom. The van der Waals surface area contributed by atoms with Crippen molar-refractivity contribution in [3.8, 4) is 30.4 Å². The molecule has 0 aliphatic heterocycles. The summed E-state index contributed by atoms with van der Waals surface area (Å²) in [6.07, 6.45) is 12.6. The number of esters is 2. The second kappa shape index (κ2) is 10.5. The first-order valence-corrected chi connectivity index (χ1v) is 10.6. The molecule has 2 atom stereocenters. The van der Waals surface area contributed by atoms with E-state index in [4.69, 9.17) is 31.8 Å². The van der Waals surface area contributed by atoms with Gasteiger partial charge in [0, 0.05) is 31.5 Å². The smallest absolute Gasteiger partial charge is 0.340 e. The molecule has 0 bridgehead atoms. The average molecular weight is 474 g/mol. The third kappa shape index (κ3) is 5.19. The number of ether oxygens (including phenoxy) is 4. The quantitative estimate of drug-likeness (QED) is 0.408. The highest BCUT2D eigenvalue weighted by atomic mass is 16.6. The highest BCUT2D eigenvalue weighted by Gasteiger charge is 2.49. The zero-order chi connectivity index (χ0) is 26.5. The number of methoxy groups -OCH3 is 2. The second-order valence-electron chi connectivity index (χ2n) is 9.36. The fourth-order valence-electron chi connectivity index (χ4n) is 2.99. The third-order valence-corrected chi connectivity index (χ3v) is 6.84. The van der Waals surface area contributed by atoms with Gasteiger partial charge >= 0.3 is 11.9 Å². The highest BCUT2D eigenvalue weighted by molar-refractivity contribution is 5.81. The summed E-state index contributed by atoms with van der Waals surface area (Å²) in [6, 6.07) is 0. The zero-order valence-electron chi connectivity index (χ0n) is 21.5. The van der Waals surface area contributed by atoms with Crippen molar-refractivity contribution >= 4 is 11.9 Å². The number of aryl methyl sites for hydroxylation is 1. The molecule has 0 spiro atoms. The van der Waals surface area contributed by atoms with Gasteiger partial charge in [-0.3, -0.25) is 4.98 Å². The van der Waals surface area contributed by atoms with Crippen LogP contribution in [0.25, 0.3) is 0 Å². The monoisotopic (exact) mass is 473 g/mol. The number of pyridine rings is 1. The lowest BCUT2D eigenvalue weighted by molar-refractivity contribution is -0.180. The first kappa shape index (κ1) is 29.0. The molecule has 8 heteroatoms. The maximum atomic E-state index is 12.9. The van der Waals surface area contributed by atoms with Crippen molar-refractivity contribution in [3.63, 3.8) is 0 Å². The first-order valence-electron chi connectivity index (χ1n) is 10.6. The molecule has 0 saturated carbocycles. The summed E-state index contributed by atoms with van der Waals surface area (Å²) in [6.45, 7) is 10.8. The molecule has 1 heterocycles. The summed E-state index contributed by atoms with van der Waals surface area (Å²) in [5.74, 6) is 3.51. The maximum absolute atomic E-state index is 12.9. The van der Waals surface area contributed by atoms with Crippen LogP contribution in [-0.2, 0) is 41.8 Å². The summed E-state index contributed by atoms with van der Waals surface area (Å²) < 4.78 is 21.8. The summed E-state index contributed by atoms with van der Waals surface area (Å²) in [5.41, 5.74) is -3.89. The molecular weight excluding hydrogens is 438 g/mol. The van der Waals surface area contributed by atoms with Gasteiger partial charge in [-0.2, -0.15) is 0 Å². The summed E-state index contributed by atoms with van der Waals surface area (Å²) in [7, 11) is 2.73. The van der Waals surface area contributed by atoms with Crippen molar-refractivity contribution in [2.75, 3.05) is 14.2 Å². The molecule has 0 fully saturated rings. The summed E-state index contributed by atoms with van der Waals surface area (Å²) >= 11 is 0. The fourth-order valence-corrected chi connectivity index (χ4v) is 2.99. The van der Waals surface area contributed by atoms with Crippen molar-refractivity contribution in [3.05, 3.63) is 23.0 Å². The minimum Gasteiger partial charge on any atom is -0.506 e. The number of hydrogen-bond acceptors (Lipinski definition) is 8. The molecule has 1 N–H and O–H groups in total. The molecule has 1 rings (SSSR count). The molecule has 0 saturated heterocycles.